The van der Waals surface area contributed by atoms with Crippen molar-refractivity contribution < 1.29 is 8.78 Å². The van der Waals surface area contributed by atoms with Gasteiger partial charge < -0.3 is 5.73 Å². The van der Waals surface area contributed by atoms with Crippen molar-refractivity contribution in [2.75, 3.05) is 6.54 Å². The van der Waals surface area contributed by atoms with Crippen molar-refractivity contribution in [2.24, 2.45) is 5.73 Å². The van der Waals surface area contributed by atoms with Crippen LogP contribution in [0.15, 0.2) is 30.6 Å². The highest BCUT2D eigenvalue weighted by Gasteiger charge is 2.28. The van der Waals surface area contributed by atoms with E-state index in [1.54, 1.807) is 28.9 Å². The lowest BCUT2D eigenvalue weighted by Crippen LogP contribution is -2.30. The molecular formula is C10H11F2N3. The number of alkyl halides is 2. The van der Waals surface area contributed by atoms with Crippen molar-refractivity contribution in [3.8, 4) is 0 Å². The van der Waals surface area contributed by atoms with Gasteiger partial charge in [0, 0.05) is 18.2 Å². The normalized spacial score (nSPS) is 12.2. The van der Waals surface area contributed by atoms with Crippen LogP contribution < -0.4 is 5.73 Å². The molecule has 2 aromatic rings. The molecule has 0 aromatic carbocycles. The van der Waals surface area contributed by atoms with Crippen LogP contribution in [0.5, 0.6) is 0 Å². The summed E-state index contributed by atoms with van der Waals surface area (Å²) in [7, 11) is 0. The van der Waals surface area contributed by atoms with E-state index in [9.17, 15) is 8.78 Å². The fourth-order valence-electron chi connectivity index (χ4n) is 1.47. The Morgan fingerprint density at radius 1 is 1.40 bits per heavy atom. The Morgan fingerprint density at radius 3 is 2.93 bits per heavy atom. The zero-order chi connectivity index (χ0) is 10.9. The summed E-state index contributed by atoms with van der Waals surface area (Å²) in [6, 6.07) is 5.35. The Balaban J connectivity index is 2.37. The van der Waals surface area contributed by atoms with Crippen LogP contribution >= 0.6 is 0 Å². The first kappa shape index (κ1) is 10.0. The van der Waals surface area contributed by atoms with Crippen LogP contribution in [0.25, 0.3) is 5.52 Å². The number of nitrogens with two attached hydrogens (primary N) is 1. The first-order chi connectivity index (χ1) is 7.12. The molecule has 2 N–H and O–H groups in total. The quantitative estimate of drug-likeness (QED) is 0.835. The molecule has 80 valence electrons. The van der Waals surface area contributed by atoms with Gasteiger partial charge in [0.2, 0.25) is 0 Å². The smallest absolute Gasteiger partial charge is 0.264 e. The molecule has 0 amide bonds. The summed E-state index contributed by atoms with van der Waals surface area (Å²) in [6.45, 7) is -0.642. The number of rotatable bonds is 3. The Kier molecular flexibility index (Phi) is 2.40. The van der Waals surface area contributed by atoms with E-state index in [0.717, 1.165) is 0 Å². The highest BCUT2D eigenvalue weighted by Crippen LogP contribution is 2.21. The monoisotopic (exact) mass is 211 g/mol. The number of fused-ring (bicyclic) bond motifs is 1. The van der Waals surface area contributed by atoms with Crippen molar-refractivity contribution in [1.82, 2.24) is 9.61 Å². The molecule has 3 nitrogen and oxygen atoms in total. The summed E-state index contributed by atoms with van der Waals surface area (Å²) in [5.41, 5.74) is 6.21. The summed E-state index contributed by atoms with van der Waals surface area (Å²) >= 11 is 0. The van der Waals surface area contributed by atoms with Crippen LogP contribution in [-0.4, -0.2) is 22.1 Å². The van der Waals surface area contributed by atoms with Crippen molar-refractivity contribution in [3.05, 3.63) is 36.2 Å². The zero-order valence-electron chi connectivity index (χ0n) is 8.03. The molecule has 0 bridgehead atoms. The molecule has 0 saturated heterocycles. The van der Waals surface area contributed by atoms with Gasteiger partial charge in [0.15, 0.2) is 0 Å². The Hall–Kier alpha value is -1.49. The maximum absolute atomic E-state index is 13.1. The molecule has 0 aliphatic carbocycles. The third-order valence-electron chi connectivity index (χ3n) is 2.25. The summed E-state index contributed by atoms with van der Waals surface area (Å²) in [6.07, 6.45) is 2.81. The van der Waals surface area contributed by atoms with Gasteiger partial charge in [-0.05, 0) is 12.1 Å². The van der Waals surface area contributed by atoms with Crippen LogP contribution in [-0.2, 0) is 6.42 Å². The lowest BCUT2D eigenvalue weighted by Gasteiger charge is -2.12. The Bertz CT molecular complexity index is 464. The van der Waals surface area contributed by atoms with Gasteiger partial charge in [-0.25, -0.2) is 13.3 Å². The second-order valence-electron chi connectivity index (χ2n) is 3.44. The molecule has 2 rings (SSSR count). The molecule has 0 saturated carbocycles. The summed E-state index contributed by atoms with van der Waals surface area (Å²) in [5, 5.41) is 3.98. The van der Waals surface area contributed by atoms with E-state index in [4.69, 9.17) is 5.73 Å². The van der Waals surface area contributed by atoms with Gasteiger partial charge in [-0.1, -0.05) is 6.07 Å². The maximum Gasteiger partial charge on any atom is 0.264 e. The highest BCUT2D eigenvalue weighted by molar-refractivity contribution is 5.53. The molecule has 0 radical (unpaired) electrons. The van der Waals surface area contributed by atoms with E-state index in [-0.39, 0.29) is 6.42 Å². The molecule has 2 aromatic heterocycles. The van der Waals surface area contributed by atoms with Crippen molar-refractivity contribution in [3.63, 3.8) is 0 Å². The van der Waals surface area contributed by atoms with Crippen molar-refractivity contribution in [1.29, 1.82) is 0 Å². The number of pyridine rings is 1. The number of hydrogen-bond donors (Lipinski definition) is 1. The third-order valence-corrected chi connectivity index (χ3v) is 2.25. The summed E-state index contributed by atoms with van der Waals surface area (Å²) in [4.78, 5) is 0. The van der Waals surface area contributed by atoms with Gasteiger partial charge in [0.25, 0.3) is 5.92 Å². The molecule has 0 fully saturated rings. The molecular weight excluding hydrogens is 200 g/mol. The number of nitrogens with zero attached hydrogens (tertiary/aromatic N) is 2. The Morgan fingerprint density at radius 2 is 2.20 bits per heavy atom. The van der Waals surface area contributed by atoms with Gasteiger partial charge in [0.1, 0.15) is 0 Å². The van der Waals surface area contributed by atoms with Gasteiger partial charge in [-0.15, -0.1) is 0 Å². The first-order valence-electron chi connectivity index (χ1n) is 4.61. The minimum atomic E-state index is -2.86. The van der Waals surface area contributed by atoms with E-state index < -0.39 is 12.5 Å². The van der Waals surface area contributed by atoms with Crippen LogP contribution in [0.4, 0.5) is 8.78 Å². The van der Waals surface area contributed by atoms with E-state index >= 15 is 0 Å². The predicted octanol–water partition coefficient (Wildman–Crippen LogP) is 1.47. The van der Waals surface area contributed by atoms with E-state index in [1.807, 2.05) is 0 Å². The second-order valence-corrected chi connectivity index (χ2v) is 3.44. The average Bonchev–Trinajstić information content (AvgIpc) is 2.62. The highest BCUT2D eigenvalue weighted by atomic mass is 19.3. The largest absolute Gasteiger partial charge is 0.325 e. The van der Waals surface area contributed by atoms with Crippen LogP contribution in [0, 0.1) is 0 Å². The minimum absolute atomic E-state index is 0.364. The van der Waals surface area contributed by atoms with Gasteiger partial charge in [-0.3, -0.25) is 0 Å². The topological polar surface area (TPSA) is 43.3 Å². The lowest BCUT2D eigenvalue weighted by atomic mass is 10.1. The standard InChI is InChI=1S/C10H11F2N3/c11-10(12,7-13)5-8-6-14-15-4-2-1-3-9(8)15/h1-4,6H,5,7,13H2. The fraction of sp³-hybridized carbons (Fsp3) is 0.300. The number of halogens is 2. The first-order valence-corrected chi connectivity index (χ1v) is 4.61. The third kappa shape index (κ3) is 1.97. The lowest BCUT2D eigenvalue weighted by molar-refractivity contribution is 0.0118. The Labute approximate surface area is 85.5 Å². The minimum Gasteiger partial charge on any atom is -0.325 e. The number of aromatic nitrogens is 2. The average molecular weight is 211 g/mol. The molecule has 5 heteroatoms. The van der Waals surface area contributed by atoms with Crippen molar-refractivity contribution in [2.45, 2.75) is 12.3 Å². The van der Waals surface area contributed by atoms with Crippen LogP contribution in [0.1, 0.15) is 5.56 Å². The van der Waals surface area contributed by atoms with Crippen LogP contribution in [0.2, 0.25) is 0 Å². The predicted molar refractivity (Wildman–Crippen MR) is 52.9 cm³/mol. The second kappa shape index (κ2) is 3.58. The molecule has 0 aliphatic rings. The van der Waals surface area contributed by atoms with Crippen molar-refractivity contribution >= 4 is 5.52 Å². The van der Waals surface area contributed by atoms with Crippen LogP contribution in [0.3, 0.4) is 0 Å². The zero-order valence-corrected chi connectivity index (χ0v) is 8.03. The molecule has 0 unspecified atom stereocenters. The summed E-state index contributed by atoms with van der Waals surface area (Å²) in [5.74, 6) is -2.86. The maximum atomic E-state index is 13.1. The van der Waals surface area contributed by atoms with E-state index in [0.29, 0.717) is 11.1 Å². The SMILES string of the molecule is NCC(F)(F)Cc1cnn2ccccc12. The molecule has 0 aliphatic heterocycles. The molecule has 15 heavy (non-hydrogen) atoms. The van der Waals surface area contributed by atoms with Gasteiger partial charge in [-0.2, -0.15) is 5.10 Å². The molecule has 0 spiro atoms. The van der Waals surface area contributed by atoms with Gasteiger partial charge >= 0.3 is 0 Å². The number of hydrogen-bond acceptors (Lipinski definition) is 2. The fourth-order valence-corrected chi connectivity index (χ4v) is 1.47. The molecule has 2 heterocycles. The van der Waals surface area contributed by atoms with E-state index in [2.05, 4.69) is 5.10 Å². The summed E-state index contributed by atoms with van der Waals surface area (Å²) < 4.78 is 27.7. The van der Waals surface area contributed by atoms with E-state index in [1.165, 1.54) is 6.20 Å². The van der Waals surface area contributed by atoms with Gasteiger partial charge in [0.05, 0.1) is 18.3 Å². The molecule has 0 atom stereocenters.